The van der Waals surface area contributed by atoms with Crippen molar-refractivity contribution in [2.75, 3.05) is 6.54 Å². The van der Waals surface area contributed by atoms with Crippen molar-refractivity contribution in [3.05, 3.63) is 0 Å². The summed E-state index contributed by atoms with van der Waals surface area (Å²) < 4.78 is 0. The number of hydrogen-bond acceptors (Lipinski definition) is 2. The van der Waals surface area contributed by atoms with Gasteiger partial charge in [0.25, 0.3) is 0 Å². The molecule has 19 heavy (non-hydrogen) atoms. The van der Waals surface area contributed by atoms with Gasteiger partial charge in [-0.15, -0.1) is 0 Å². The van der Waals surface area contributed by atoms with E-state index in [1.54, 1.807) is 0 Å². The number of nitrogens with zero attached hydrogens (tertiary/aromatic N) is 1. The van der Waals surface area contributed by atoms with Crippen LogP contribution in [0.5, 0.6) is 0 Å². The fourth-order valence-electron chi connectivity index (χ4n) is 3.41. The van der Waals surface area contributed by atoms with Gasteiger partial charge in [0, 0.05) is 12.1 Å². The van der Waals surface area contributed by atoms with Gasteiger partial charge in [0.2, 0.25) is 0 Å². The summed E-state index contributed by atoms with van der Waals surface area (Å²) in [6.07, 6.45) is 9.23. The number of carboxylic acid groups (broad SMARTS) is 1. The number of rotatable bonds is 6. The summed E-state index contributed by atoms with van der Waals surface area (Å²) in [5, 5.41) is 9.54. The van der Waals surface area contributed by atoms with E-state index in [0.29, 0.717) is 18.0 Å². The molecule has 110 valence electrons. The van der Waals surface area contributed by atoms with Gasteiger partial charge >= 0.3 is 5.97 Å². The molecule has 2 rings (SSSR count). The molecule has 0 amide bonds. The van der Waals surface area contributed by atoms with E-state index in [-0.39, 0.29) is 5.92 Å². The van der Waals surface area contributed by atoms with Gasteiger partial charge < -0.3 is 5.11 Å². The van der Waals surface area contributed by atoms with E-state index < -0.39 is 5.97 Å². The molecule has 2 aliphatic carbocycles. The largest absolute Gasteiger partial charge is 0.481 e. The molecule has 2 atom stereocenters. The third-order valence-electron chi connectivity index (χ3n) is 4.70. The Morgan fingerprint density at radius 2 is 1.84 bits per heavy atom. The van der Waals surface area contributed by atoms with Crippen molar-refractivity contribution in [1.82, 2.24) is 4.90 Å². The summed E-state index contributed by atoms with van der Waals surface area (Å²) in [5.74, 6) is 0.00710. The zero-order valence-corrected chi connectivity index (χ0v) is 12.5. The Kier molecular flexibility index (Phi) is 5.26. The second-order valence-electron chi connectivity index (χ2n) is 6.80. The minimum absolute atomic E-state index is 0.129. The molecule has 0 bridgehead atoms. The maximum Gasteiger partial charge on any atom is 0.308 e. The Balaban J connectivity index is 2.04. The second-order valence-corrected chi connectivity index (χ2v) is 6.80. The summed E-state index contributed by atoms with van der Waals surface area (Å²) in [7, 11) is 0. The average Bonchev–Trinajstić information content (AvgIpc) is 3.14. The van der Waals surface area contributed by atoms with E-state index >= 15 is 0 Å². The quantitative estimate of drug-likeness (QED) is 0.748. The smallest absolute Gasteiger partial charge is 0.308 e. The molecule has 0 aliphatic heterocycles. The highest BCUT2D eigenvalue weighted by molar-refractivity contribution is 5.71. The van der Waals surface area contributed by atoms with Gasteiger partial charge in [-0.05, 0) is 44.6 Å². The van der Waals surface area contributed by atoms with E-state index in [1.165, 1.54) is 32.1 Å². The first kappa shape index (κ1) is 14.8. The van der Waals surface area contributed by atoms with Gasteiger partial charge in [-0.25, -0.2) is 0 Å². The Morgan fingerprint density at radius 3 is 2.42 bits per heavy atom. The topological polar surface area (TPSA) is 40.5 Å². The molecule has 1 N–H and O–H groups in total. The lowest BCUT2D eigenvalue weighted by Crippen LogP contribution is -2.45. The lowest BCUT2D eigenvalue weighted by molar-refractivity contribution is -0.144. The minimum atomic E-state index is -0.568. The monoisotopic (exact) mass is 267 g/mol. The first-order valence-corrected chi connectivity index (χ1v) is 8.08. The van der Waals surface area contributed by atoms with Gasteiger partial charge in [0.1, 0.15) is 0 Å². The summed E-state index contributed by atoms with van der Waals surface area (Å²) in [5.41, 5.74) is 0. The van der Waals surface area contributed by atoms with Gasteiger partial charge in [0.05, 0.1) is 5.92 Å². The van der Waals surface area contributed by atoms with Gasteiger partial charge in [-0.1, -0.05) is 33.1 Å². The highest BCUT2D eigenvalue weighted by Gasteiger charge is 2.40. The molecular weight excluding hydrogens is 238 g/mol. The van der Waals surface area contributed by atoms with Crippen LogP contribution in [0, 0.1) is 11.8 Å². The van der Waals surface area contributed by atoms with Crippen molar-refractivity contribution in [1.29, 1.82) is 0 Å². The predicted molar refractivity (Wildman–Crippen MR) is 77.2 cm³/mol. The SMILES string of the molecule is CC(C)CCN(C1CC1)C1CCCCCC1C(=O)O. The Hall–Kier alpha value is -0.570. The normalized spacial score (nSPS) is 28.6. The Labute approximate surface area is 117 Å². The first-order chi connectivity index (χ1) is 9.09. The minimum Gasteiger partial charge on any atom is -0.481 e. The number of aliphatic carboxylic acids is 1. The molecule has 0 spiro atoms. The molecule has 3 heteroatoms. The Bertz CT molecular complexity index is 299. The highest BCUT2D eigenvalue weighted by Crippen LogP contribution is 2.36. The number of carboxylic acids is 1. The van der Waals surface area contributed by atoms with Crippen LogP contribution in [0.25, 0.3) is 0 Å². The third kappa shape index (κ3) is 4.20. The molecule has 0 aromatic heterocycles. The maximum absolute atomic E-state index is 11.6. The third-order valence-corrected chi connectivity index (χ3v) is 4.70. The van der Waals surface area contributed by atoms with Crippen LogP contribution < -0.4 is 0 Å². The van der Waals surface area contributed by atoms with Crippen molar-refractivity contribution < 1.29 is 9.90 Å². The molecule has 0 aromatic carbocycles. The lowest BCUT2D eigenvalue weighted by atomic mass is 9.92. The molecule has 2 fully saturated rings. The van der Waals surface area contributed by atoms with E-state index in [1.807, 2.05) is 0 Å². The molecule has 0 aromatic rings. The van der Waals surface area contributed by atoms with Crippen LogP contribution in [0.15, 0.2) is 0 Å². The van der Waals surface area contributed by atoms with Gasteiger partial charge in [-0.2, -0.15) is 0 Å². The Morgan fingerprint density at radius 1 is 1.16 bits per heavy atom. The zero-order valence-electron chi connectivity index (χ0n) is 12.5. The van der Waals surface area contributed by atoms with Crippen LogP contribution in [0.3, 0.4) is 0 Å². The molecule has 2 aliphatic rings. The molecule has 3 nitrogen and oxygen atoms in total. The summed E-state index contributed by atoms with van der Waals surface area (Å²) >= 11 is 0. The molecule has 0 saturated heterocycles. The van der Waals surface area contributed by atoms with E-state index in [9.17, 15) is 9.90 Å². The summed E-state index contributed by atoms with van der Waals surface area (Å²) in [6.45, 7) is 5.61. The van der Waals surface area contributed by atoms with Crippen LogP contribution in [-0.4, -0.2) is 34.6 Å². The summed E-state index contributed by atoms with van der Waals surface area (Å²) in [4.78, 5) is 14.1. The highest BCUT2D eigenvalue weighted by atomic mass is 16.4. The zero-order chi connectivity index (χ0) is 13.8. The van der Waals surface area contributed by atoms with Crippen LogP contribution in [0.2, 0.25) is 0 Å². The standard InChI is InChI=1S/C16H29NO2/c1-12(2)10-11-17(13-8-9-13)15-7-5-3-4-6-14(15)16(18)19/h12-15H,3-11H2,1-2H3,(H,18,19). The van der Waals surface area contributed by atoms with Crippen molar-refractivity contribution in [3.63, 3.8) is 0 Å². The van der Waals surface area contributed by atoms with Crippen molar-refractivity contribution in [3.8, 4) is 0 Å². The maximum atomic E-state index is 11.6. The van der Waals surface area contributed by atoms with E-state index in [4.69, 9.17) is 0 Å². The van der Waals surface area contributed by atoms with Gasteiger partial charge in [-0.3, -0.25) is 9.69 Å². The first-order valence-electron chi connectivity index (χ1n) is 8.08. The molecular formula is C16H29NO2. The van der Waals surface area contributed by atoms with Gasteiger partial charge in [0.15, 0.2) is 0 Å². The van der Waals surface area contributed by atoms with E-state index in [2.05, 4.69) is 18.7 Å². The van der Waals surface area contributed by atoms with Crippen molar-refractivity contribution in [2.45, 2.75) is 77.3 Å². The average molecular weight is 267 g/mol. The number of carbonyl (C=O) groups is 1. The molecule has 2 saturated carbocycles. The van der Waals surface area contributed by atoms with E-state index in [0.717, 1.165) is 25.8 Å². The number of hydrogen-bond donors (Lipinski definition) is 1. The van der Waals surface area contributed by atoms with Crippen molar-refractivity contribution >= 4 is 5.97 Å². The van der Waals surface area contributed by atoms with Crippen LogP contribution >= 0.6 is 0 Å². The van der Waals surface area contributed by atoms with Crippen LogP contribution in [0.1, 0.15) is 65.2 Å². The van der Waals surface area contributed by atoms with Crippen LogP contribution in [0.4, 0.5) is 0 Å². The van der Waals surface area contributed by atoms with Crippen LogP contribution in [-0.2, 0) is 4.79 Å². The predicted octanol–water partition coefficient (Wildman–Crippen LogP) is 3.53. The molecule has 0 heterocycles. The lowest BCUT2D eigenvalue weighted by Gasteiger charge is -2.35. The molecule has 0 radical (unpaired) electrons. The molecule has 2 unspecified atom stereocenters. The fraction of sp³-hybridized carbons (Fsp3) is 0.938. The van der Waals surface area contributed by atoms with Crippen molar-refractivity contribution in [2.24, 2.45) is 11.8 Å². The second kappa shape index (κ2) is 6.74. The fourth-order valence-corrected chi connectivity index (χ4v) is 3.41. The summed E-state index contributed by atoms with van der Waals surface area (Å²) in [6, 6.07) is 0.981.